The summed E-state index contributed by atoms with van der Waals surface area (Å²) in [6.45, 7) is 1.000. The molecule has 1 aromatic carbocycles. The first-order chi connectivity index (χ1) is 8.50. The van der Waals surface area contributed by atoms with E-state index in [1.807, 2.05) is 0 Å². The SMILES string of the molecule is CN1CCN(C(=O)c2cccc(F)c2Br)CC1=O. The van der Waals surface area contributed by atoms with Gasteiger partial charge in [0.1, 0.15) is 12.4 Å². The second-order valence-corrected chi connectivity index (χ2v) is 4.94. The van der Waals surface area contributed by atoms with Crippen LogP contribution in [0.5, 0.6) is 0 Å². The Morgan fingerprint density at radius 3 is 2.78 bits per heavy atom. The number of hydrogen-bond donors (Lipinski definition) is 0. The van der Waals surface area contributed by atoms with E-state index in [1.54, 1.807) is 11.9 Å². The van der Waals surface area contributed by atoms with Crippen molar-refractivity contribution in [2.75, 3.05) is 26.7 Å². The van der Waals surface area contributed by atoms with Gasteiger partial charge in [-0.15, -0.1) is 0 Å². The van der Waals surface area contributed by atoms with Gasteiger partial charge in [0, 0.05) is 20.1 Å². The summed E-state index contributed by atoms with van der Waals surface area (Å²) in [6, 6.07) is 4.29. The number of carbonyl (C=O) groups is 2. The summed E-state index contributed by atoms with van der Waals surface area (Å²) in [5.41, 5.74) is 0.243. The average Bonchev–Trinajstić information content (AvgIpc) is 2.35. The van der Waals surface area contributed by atoms with Gasteiger partial charge in [-0.2, -0.15) is 0 Å². The van der Waals surface area contributed by atoms with E-state index >= 15 is 0 Å². The Labute approximate surface area is 112 Å². The maximum Gasteiger partial charge on any atom is 0.255 e. The molecule has 0 unspecified atom stereocenters. The molecule has 1 aliphatic heterocycles. The normalized spacial score (nSPS) is 16.1. The molecule has 0 N–H and O–H groups in total. The second-order valence-electron chi connectivity index (χ2n) is 4.14. The molecular weight excluding hydrogens is 303 g/mol. The Kier molecular flexibility index (Phi) is 3.65. The average molecular weight is 315 g/mol. The van der Waals surface area contributed by atoms with Crippen LogP contribution in [0, 0.1) is 5.82 Å². The number of halogens is 2. The highest BCUT2D eigenvalue weighted by molar-refractivity contribution is 9.10. The van der Waals surface area contributed by atoms with Gasteiger partial charge in [0.05, 0.1) is 10.0 Å². The molecule has 2 amide bonds. The summed E-state index contributed by atoms with van der Waals surface area (Å²) in [4.78, 5) is 26.7. The maximum atomic E-state index is 13.4. The van der Waals surface area contributed by atoms with Gasteiger partial charge < -0.3 is 9.80 Å². The minimum absolute atomic E-state index is 0.0400. The highest BCUT2D eigenvalue weighted by Crippen LogP contribution is 2.22. The van der Waals surface area contributed by atoms with Gasteiger partial charge in [0.15, 0.2) is 0 Å². The molecule has 1 heterocycles. The first kappa shape index (κ1) is 13.0. The molecule has 96 valence electrons. The van der Waals surface area contributed by atoms with Crippen molar-refractivity contribution < 1.29 is 14.0 Å². The highest BCUT2D eigenvalue weighted by Gasteiger charge is 2.27. The van der Waals surface area contributed by atoms with Crippen molar-refractivity contribution in [3.8, 4) is 0 Å². The second kappa shape index (κ2) is 5.06. The molecule has 6 heteroatoms. The van der Waals surface area contributed by atoms with Gasteiger partial charge in [0.2, 0.25) is 5.91 Å². The first-order valence-corrected chi connectivity index (χ1v) is 6.27. The van der Waals surface area contributed by atoms with E-state index in [2.05, 4.69) is 15.9 Å². The topological polar surface area (TPSA) is 40.6 Å². The van der Waals surface area contributed by atoms with Crippen LogP contribution < -0.4 is 0 Å². The molecule has 0 bridgehead atoms. The van der Waals surface area contributed by atoms with Crippen LogP contribution >= 0.6 is 15.9 Å². The standard InChI is InChI=1S/C12H12BrFN2O2/c1-15-5-6-16(7-10(15)17)12(18)8-3-2-4-9(14)11(8)13/h2-4H,5-7H2,1H3. The Hall–Kier alpha value is -1.43. The van der Waals surface area contributed by atoms with Gasteiger partial charge in [-0.25, -0.2) is 4.39 Å². The lowest BCUT2D eigenvalue weighted by Gasteiger charge is -2.32. The Morgan fingerprint density at radius 1 is 1.39 bits per heavy atom. The van der Waals surface area contributed by atoms with Crippen molar-refractivity contribution in [1.82, 2.24) is 9.80 Å². The van der Waals surface area contributed by atoms with Gasteiger partial charge >= 0.3 is 0 Å². The summed E-state index contributed by atoms with van der Waals surface area (Å²) >= 11 is 3.06. The molecule has 0 aliphatic carbocycles. The van der Waals surface area contributed by atoms with Crippen molar-refractivity contribution in [2.45, 2.75) is 0 Å². The van der Waals surface area contributed by atoms with E-state index in [9.17, 15) is 14.0 Å². The Balaban J connectivity index is 2.22. The smallest absolute Gasteiger partial charge is 0.255 e. The van der Waals surface area contributed by atoms with Crippen LogP contribution in [0.3, 0.4) is 0 Å². The van der Waals surface area contributed by atoms with Gasteiger partial charge in [-0.05, 0) is 28.1 Å². The lowest BCUT2D eigenvalue weighted by molar-refractivity contribution is -0.133. The number of amides is 2. The molecule has 1 aromatic rings. The van der Waals surface area contributed by atoms with Crippen LogP contribution in [-0.2, 0) is 4.79 Å². The zero-order chi connectivity index (χ0) is 13.3. The number of rotatable bonds is 1. The van der Waals surface area contributed by atoms with Crippen LogP contribution in [0.15, 0.2) is 22.7 Å². The third-order valence-electron chi connectivity index (χ3n) is 2.93. The number of piperazine rings is 1. The Morgan fingerprint density at radius 2 is 2.11 bits per heavy atom. The van der Waals surface area contributed by atoms with Crippen LogP contribution in [0.2, 0.25) is 0 Å². The summed E-state index contributed by atoms with van der Waals surface area (Å²) < 4.78 is 13.5. The van der Waals surface area contributed by atoms with Gasteiger partial charge in [-0.1, -0.05) is 6.07 Å². The van der Waals surface area contributed by atoms with Crippen LogP contribution in [0.1, 0.15) is 10.4 Å². The minimum Gasteiger partial charge on any atom is -0.342 e. The molecule has 1 aliphatic rings. The predicted molar refractivity (Wildman–Crippen MR) is 67.6 cm³/mol. The van der Waals surface area contributed by atoms with Gasteiger partial charge in [0.25, 0.3) is 5.91 Å². The molecule has 1 fully saturated rings. The molecule has 0 radical (unpaired) electrons. The lowest BCUT2D eigenvalue weighted by atomic mass is 10.1. The number of benzene rings is 1. The van der Waals surface area contributed by atoms with Gasteiger partial charge in [-0.3, -0.25) is 9.59 Å². The van der Waals surface area contributed by atoms with Crippen molar-refractivity contribution >= 4 is 27.7 Å². The largest absolute Gasteiger partial charge is 0.342 e. The number of nitrogens with zero attached hydrogens (tertiary/aromatic N) is 2. The molecule has 1 saturated heterocycles. The molecule has 0 aromatic heterocycles. The van der Waals surface area contributed by atoms with Crippen molar-refractivity contribution in [3.63, 3.8) is 0 Å². The first-order valence-electron chi connectivity index (χ1n) is 5.48. The summed E-state index contributed by atoms with van der Waals surface area (Å²) in [5.74, 6) is -0.925. The van der Waals surface area contributed by atoms with E-state index in [-0.39, 0.29) is 28.4 Å². The zero-order valence-electron chi connectivity index (χ0n) is 9.82. The third-order valence-corrected chi connectivity index (χ3v) is 3.73. The van der Waals surface area contributed by atoms with E-state index < -0.39 is 5.82 Å². The van der Waals surface area contributed by atoms with Crippen molar-refractivity contribution in [1.29, 1.82) is 0 Å². The number of carbonyl (C=O) groups excluding carboxylic acids is 2. The maximum absolute atomic E-state index is 13.4. The Bertz CT molecular complexity index is 507. The van der Waals surface area contributed by atoms with Crippen LogP contribution in [0.4, 0.5) is 4.39 Å². The third kappa shape index (κ3) is 2.38. The zero-order valence-corrected chi connectivity index (χ0v) is 11.4. The fourth-order valence-corrected chi connectivity index (χ4v) is 2.21. The van der Waals surface area contributed by atoms with Crippen LogP contribution in [0.25, 0.3) is 0 Å². The monoisotopic (exact) mass is 314 g/mol. The molecule has 0 atom stereocenters. The van der Waals surface area contributed by atoms with Crippen molar-refractivity contribution in [2.24, 2.45) is 0 Å². The molecule has 2 rings (SSSR count). The predicted octanol–water partition coefficient (Wildman–Crippen LogP) is 1.50. The van der Waals surface area contributed by atoms with E-state index in [0.29, 0.717) is 13.1 Å². The molecule has 0 spiro atoms. The molecular formula is C12H12BrFN2O2. The molecule has 0 saturated carbocycles. The summed E-state index contributed by atoms with van der Waals surface area (Å²) in [5, 5.41) is 0. The summed E-state index contributed by atoms with van der Waals surface area (Å²) in [6.07, 6.45) is 0. The number of hydrogen-bond acceptors (Lipinski definition) is 2. The van der Waals surface area contributed by atoms with E-state index in [0.717, 1.165) is 0 Å². The summed E-state index contributed by atoms with van der Waals surface area (Å²) in [7, 11) is 1.70. The van der Waals surface area contributed by atoms with E-state index in [4.69, 9.17) is 0 Å². The van der Waals surface area contributed by atoms with Crippen LogP contribution in [-0.4, -0.2) is 48.3 Å². The van der Waals surface area contributed by atoms with E-state index in [1.165, 1.54) is 23.1 Å². The lowest BCUT2D eigenvalue weighted by Crippen LogP contribution is -2.50. The molecule has 4 nitrogen and oxygen atoms in total. The minimum atomic E-state index is -0.485. The number of likely N-dealkylation sites (N-methyl/N-ethyl adjacent to an activating group) is 1. The highest BCUT2D eigenvalue weighted by atomic mass is 79.9. The fourth-order valence-electron chi connectivity index (χ4n) is 1.77. The van der Waals surface area contributed by atoms with Crippen molar-refractivity contribution in [3.05, 3.63) is 34.1 Å². The quantitative estimate of drug-likeness (QED) is 0.788. The molecule has 18 heavy (non-hydrogen) atoms. The fraction of sp³-hybridized carbons (Fsp3) is 0.333.